The number of hydrogen-bond acceptors (Lipinski definition) is 5. The van der Waals surface area contributed by atoms with Crippen molar-refractivity contribution in [2.75, 3.05) is 37.0 Å². The van der Waals surface area contributed by atoms with Crippen LogP contribution in [-0.4, -0.2) is 44.8 Å². The fraction of sp³-hybridized carbons (Fsp3) is 0.250. The molecule has 1 heterocycles. The van der Waals surface area contributed by atoms with E-state index in [1.165, 1.54) is 7.11 Å². The third kappa shape index (κ3) is 5.31. The van der Waals surface area contributed by atoms with Crippen LogP contribution in [0.5, 0.6) is 11.5 Å². The molecule has 2 aromatic carbocycles. The van der Waals surface area contributed by atoms with Gasteiger partial charge >= 0.3 is 12.1 Å². The number of carbonyl (C=O) groups is 3. The molecule has 1 fully saturated rings. The Morgan fingerprint density at radius 3 is 2.73 bits per heavy atom. The Morgan fingerprint density at radius 1 is 1.20 bits per heavy atom. The Balaban J connectivity index is 1.57. The fourth-order valence-corrected chi connectivity index (χ4v) is 2.92. The molecule has 0 aliphatic carbocycles. The van der Waals surface area contributed by atoms with Crippen molar-refractivity contribution in [2.24, 2.45) is 5.73 Å². The second kappa shape index (κ2) is 9.50. The van der Waals surface area contributed by atoms with Crippen molar-refractivity contribution in [1.29, 1.82) is 0 Å². The van der Waals surface area contributed by atoms with Crippen molar-refractivity contribution in [3.05, 3.63) is 48.0 Å². The second-order valence-electron chi connectivity index (χ2n) is 6.48. The highest BCUT2D eigenvalue weighted by atomic mass is 16.5. The molecular weight excluding hydrogens is 390 g/mol. The monoisotopic (exact) mass is 413 g/mol. The maximum Gasteiger partial charge on any atom is 0.321 e. The maximum atomic E-state index is 12.3. The van der Waals surface area contributed by atoms with Crippen molar-refractivity contribution in [2.45, 2.75) is 6.54 Å². The lowest BCUT2D eigenvalue weighted by atomic mass is 10.2. The van der Waals surface area contributed by atoms with Gasteiger partial charge in [-0.05, 0) is 35.9 Å². The first-order valence-corrected chi connectivity index (χ1v) is 9.24. The molecule has 1 aliphatic heterocycles. The first-order chi connectivity index (χ1) is 14.5. The van der Waals surface area contributed by atoms with Gasteiger partial charge in [-0.1, -0.05) is 12.1 Å². The number of anilines is 2. The predicted molar refractivity (Wildman–Crippen MR) is 111 cm³/mol. The van der Waals surface area contributed by atoms with E-state index in [1.807, 2.05) is 6.07 Å². The number of rotatable bonds is 8. The topological polar surface area (TPSA) is 135 Å². The average molecular weight is 413 g/mol. The van der Waals surface area contributed by atoms with E-state index < -0.39 is 11.9 Å². The van der Waals surface area contributed by atoms with E-state index in [-0.39, 0.29) is 19.2 Å². The number of ether oxygens (including phenoxy) is 2. The number of nitrogens with two attached hydrogens (primary N) is 1. The Morgan fingerprint density at radius 2 is 2.03 bits per heavy atom. The first kappa shape index (κ1) is 20.8. The van der Waals surface area contributed by atoms with E-state index in [1.54, 1.807) is 41.3 Å². The highest BCUT2D eigenvalue weighted by Gasteiger charge is 2.21. The van der Waals surface area contributed by atoms with Crippen LogP contribution in [0.15, 0.2) is 42.5 Å². The van der Waals surface area contributed by atoms with Gasteiger partial charge in [0, 0.05) is 31.0 Å². The Bertz CT molecular complexity index is 949. The van der Waals surface area contributed by atoms with Gasteiger partial charge < -0.3 is 31.2 Å². The summed E-state index contributed by atoms with van der Waals surface area (Å²) in [7, 11) is 1.48. The molecule has 10 nitrogen and oxygen atoms in total. The lowest BCUT2D eigenvalue weighted by Gasteiger charge is -2.16. The molecular formula is C20H23N5O5. The standard InChI is InChI=1S/C20H23N5O5/c1-29-17-9-13(5-6-16(17)30-12-18(21)26)11-23-19(27)24-14-3-2-4-15(10-14)25-8-7-22-20(25)28/h2-6,9-10H,7-8,11-12H2,1H3,(H2,21,26)(H,22,28)(H2,23,24,27). The van der Waals surface area contributed by atoms with Gasteiger partial charge in [0.1, 0.15) is 0 Å². The number of hydrogen-bond donors (Lipinski definition) is 4. The molecule has 3 rings (SSSR count). The highest BCUT2D eigenvalue weighted by Crippen LogP contribution is 2.28. The van der Waals surface area contributed by atoms with Crippen LogP contribution >= 0.6 is 0 Å². The maximum absolute atomic E-state index is 12.3. The highest BCUT2D eigenvalue weighted by molar-refractivity contribution is 5.95. The summed E-state index contributed by atoms with van der Waals surface area (Å²) in [5.74, 6) is 0.216. The van der Waals surface area contributed by atoms with Crippen LogP contribution in [0.2, 0.25) is 0 Å². The number of nitrogens with zero attached hydrogens (tertiary/aromatic N) is 1. The van der Waals surface area contributed by atoms with E-state index in [2.05, 4.69) is 16.0 Å². The molecule has 0 bridgehead atoms. The van der Waals surface area contributed by atoms with Crippen LogP contribution < -0.4 is 36.1 Å². The summed E-state index contributed by atoms with van der Waals surface area (Å²) in [6, 6.07) is 11.6. The van der Waals surface area contributed by atoms with Crippen molar-refractivity contribution >= 4 is 29.3 Å². The van der Waals surface area contributed by atoms with Crippen molar-refractivity contribution in [3.8, 4) is 11.5 Å². The van der Waals surface area contributed by atoms with Gasteiger partial charge in [-0.25, -0.2) is 9.59 Å². The van der Waals surface area contributed by atoms with Crippen LogP contribution in [-0.2, 0) is 11.3 Å². The molecule has 1 saturated heterocycles. The summed E-state index contributed by atoms with van der Waals surface area (Å²) in [5.41, 5.74) is 7.12. The van der Waals surface area contributed by atoms with Gasteiger partial charge in [0.25, 0.3) is 5.91 Å². The SMILES string of the molecule is COc1cc(CNC(=O)Nc2cccc(N3CCNC3=O)c2)ccc1OCC(N)=O. The number of carbonyl (C=O) groups excluding carboxylic acids is 3. The summed E-state index contributed by atoms with van der Waals surface area (Å²) in [5, 5.41) is 8.24. The summed E-state index contributed by atoms with van der Waals surface area (Å²) in [6.45, 7) is 1.16. The zero-order valence-corrected chi connectivity index (χ0v) is 16.4. The largest absolute Gasteiger partial charge is 0.493 e. The minimum atomic E-state index is -0.589. The Hall–Kier alpha value is -3.95. The molecule has 0 radical (unpaired) electrons. The van der Waals surface area contributed by atoms with Gasteiger partial charge in [0.05, 0.1) is 7.11 Å². The molecule has 10 heteroatoms. The normalized spacial score (nSPS) is 12.8. The second-order valence-corrected chi connectivity index (χ2v) is 6.48. The number of primary amides is 1. The Labute approximate surface area is 173 Å². The van der Waals surface area contributed by atoms with Crippen LogP contribution in [0.25, 0.3) is 0 Å². The van der Waals surface area contributed by atoms with Crippen molar-refractivity contribution < 1.29 is 23.9 Å². The number of methoxy groups -OCH3 is 1. The molecule has 0 spiro atoms. The van der Waals surface area contributed by atoms with Crippen LogP contribution in [0.4, 0.5) is 21.0 Å². The lowest BCUT2D eigenvalue weighted by Crippen LogP contribution is -2.29. The summed E-state index contributed by atoms with van der Waals surface area (Å²) < 4.78 is 10.5. The third-order valence-electron chi connectivity index (χ3n) is 4.32. The summed E-state index contributed by atoms with van der Waals surface area (Å²) >= 11 is 0. The molecule has 1 aliphatic rings. The van der Waals surface area contributed by atoms with Crippen molar-refractivity contribution in [3.63, 3.8) is 0 Å². The zero-order chi connectivity index (χ0) is 21.5. The van der Waals surface area contributed by atoms with Crippen LogP contribution in [0.3, 0.4) is 0 Å². The van der Waals surface area contributed by atoms with E-state index in [0.29, 0.717) is 36.0 Å². The minimum Gasteiger partial charge on any atom is -0.493 e. The summed E-state index contributed by atoms with van der Waals surface area (Å²) in [4.78, 5) is 36.5. The fourth-order valence-electron chi connectivity index (χ4n) is 2.92. The molecule has 5 N–H and O–H groups in total. The van der Waals surface area contributed by atoms with E-state index in [9.17, 15) is 14.4 Å². The van der Waals surface area contributed by atoms with E-state index >= 15 is 0 Å². The number of benzene rings is 2. The molecule has 0 saturated carbocycles. The van der Waals surface area contributed by atoms with Crippen LogP contribution in [0, 0.1) is 0 Å². The molecule has 158 valence electrons. The lowest BCUT2D eigenvalue weighted by molar-refractivity contribution is -0.119. The third-order valence-corrected chi connectivity index (χ3v) is 4.32. The van der Waals surface area contributed by atoms with Gasteiger partial charge in [-0.2, -0.15) is 0 Å². The molecule has 5 amide bonds. The zero-order valence-electron chi connectivity index (χ0n) is 16.4. The number of amides is 5. The molecule has 2 aromatic rings. The van der Waals surface area contributed by atoms with Crippen molar-refractivity contribution in [1.82, 2.24) is 10.6 Å². The molecule has 0 unspecified atom stereocenters. The van der Waals surface area contributed by atoms with Gasteiger partial charge in [-0.15, -0.1) is 0 Å². The molecule has 0 atom stereocenters. The number of urea groups is 2. The summed E-state index contributed by atoms with van der Waals surface area (Å²) in [6.07, 6.45) is 0. The predicted octanol–water partition coefficient (Wildman–Crippen LogP) is 1.41. The quantitative estimate of drug-likeness (QED) is 0.519. The average Bonchev–Trinajstić information content (AvgIpc) is 3.17. The first-order valence-electron chi connectivity index (χ1n) is 9.24. The van der Waals surface area contributed by atoms with E-state index in [0.717, 1.165) is 5.56 Å². The minimum absolute atomic E-state index is 0.159. The van der Waals surface area contributed by atoms with Crippen LogP contribution in [0.1, 0.15) is 5.56 Å². The van der Waals surface area contributed by atoms with E-state index in [4.69, 9.17) is 15.2 Å². The van der Waals surface area contributed by atoms with Gasteiger partial charge in [0.2, 0.25) is 0 Å². The molecule has 30 heavy (non-hydrogen) atoms. The Kier molecular flexibility index (Phi) is 6.58. The smallest absolute Gasteiger partial charge is 0.321 e. The van der Waals surface area contributed by atoms with Gasteiger partial charge in [-0.3, -0.25) is 9.69 Å². The van der Waals surface area contributed by atoms with Gasteiger partial charge in [0.15, 0.2) is 18.1 Å². The number of nitrogens with one attached hydrogen (secondary N) is 3. The molecule has 0 aromatic heterocycles.